The maximum atomic E-state index is 11.9. The summed E-state index contributed by atoms with van der Waals surface area (Å²) in [7, 11) is 0. The standard InChI is InChI=1S/C19H19NO3/c1-14-7-8-16(22-14)10-12-19(21)20-13-17-9-11-18(23-17)15-5-3-2-4-6-15/h2-9,11H,10,12-13H2,1H3,(H,20,21). The highest BCUT2D eigenvalue weighted by Gasteiger charge is 2.08. The van der Waals surface area contributed by atoms with E-state index >= 15 is 0 Å². The van der Waals surface area contributed by atoms with Gasteiger partial charge in [0.2, 0.25) is 5.91 Å². The fourth-order valence-electron chi connectivity index (χ4n) is 2.36. The smallest absolute Gasteiger partial charge is 0.220 e. The third-order valence-corrected chi connectivity index (χ3v) is 3.57. The molecule has 0 spiro atoms. The van der Waals surface area contributed by atoms with E-state index in [2.05, 4.69) is 5.32 Å². The molecule has 0 aliphatic carbocycles. The van der Waals surface area contributed by atoms with Gasteiger partial charge in [-0.3, -0.25) is 4.79 Å². The molecule has 1 aromatic carbocycles. The van der Waals surface area contributed by atoms with Crippen LogP contribution >= 0.6 is 0 Å². The molecule has 1 amide bonds. The van der Waals surface area contributed by atoms with Gasteiger partial charge in [0.05, 0.1) is 6.54 Å². The SMILES string of the molecule is Cc1ccc(CCC(=O)NCc2ccc(-c3ccccc3)o2)o1. The highest BCUT2D eigenvalue weighted by molar-refractivity contribution is 5.76. The van der Waals surface area contributed by atoms with Crippen LogP contribution in [0.5, 0.6) is 0 Å². The molecule has 0 aliphatic heterocycles. The van der Waals surface area contributed by atoms with Gasteiger partial charge < -0.3 is 14.2 Å². The second-order valence-electron chi connectivity index (χ2n) is 5.42. The summed E-state index contributed by atoms with van der Waals surface area (Å²) < 4.78 is 11.2. The van der Waals surface area contributed by atoms with Crippen molar-refractivity contribution in [2.24, 2.45) is 0 Å². The van der Waals surface area contributed by atoms with Crippen molar-refractivity contribution in [1.29, 1.82) is 0 Å². The third-order valence-electron chi connectivity index (χ3n) is 3.57. The Kier molecular flexibility index (Phi) is 4.62. The minimum absolute atomic E-state index is 0.0169. The van der Waals surface area contributed by atoms with Gasteiger partial charge in [-0.2, -0.15) is 0 Å². The van der Waals surface area contributed by atoms with Crippen LogP contribution in [0.1, 0.15) is 23.7 Å². The second kappa shape index (κ2) is 7.01. The highest BCUT2D eigenvalue weighted by atomic mass is 16.3. The zero-order valence-corrected chi connectivity index (χ0v) is 13.0. The Hall–Kier alpha value is -2.75. The molecular weight excluding hydrogens is 290 g/mol. The quantitative estimate of drug-likeness (QED) is 0.746. The Bertz CT molecular complexity index is 771. The van der Waals surface area contributed by atoms with Gasteiger partial charge >= 0.3 is 0 Å². The van der Waals surface area contributed by atoms with Gasteiger partial charge in [0.15, 0.2) is 0 Å². The predicted octanol–water partition coefficient (Wildman–Crippen LogP) is 4.10. The lowest BCUT2D eigenvalue weighted by atomic mass is 10.2. The number of hydrogen-bond acceptors (Lipinski definition) is 3. The van der Waals surface area contributed by atoms with E-state index in [1.54, 1.807) is 0 Å². The lowest BCUT2D eigenvalue weighted by Gasteiger charge is -2.02. The van der Waals surface area contributed by atoms with Crippen molar-refractivity contribution in [2.45, 2.75) is 26.3 Å². The molecule has 4 nitrogen and oxygen atoms in total. The number of nitrogens with one attached hydrogen (secondary N) is 1. The van der Waals surface area contributed by atoms with Crippen LogP contribution in [0.15, 0.2) is 63.4 Å². The average molecular weight is 309 g/mol. The Morgan fingerprint density at radius 3 is 2.48 bits per heavy atom. The molecule has 0 saturated carbocycles. The van der Waals surface area contributed by atoms with Crippen molar-refractivity contribution >= 4 is 5.91 Å². The predicted molar refractivity (Wildman–Crippen MR) is 87.8 cm³/mol. The lowest BCUT2D eigenvalue weighted by Crippen LogP contribution is -2.22. The first-order valence-corrected chi connectivity index (χ1v) is 7.67. The monoisotopic (exact) mass is 309 g/mol. The lowest BCUT2D eigenvalue weighted by molar-refractivity contribution is -0.121. The van der Waals surface area contributed by atoms with Gasteiger partial charge in [-0.15, -0.1) is 0 Å². The van der Waals surface area contributed by atoms with Gasteiger partial charge in [0.25, 0.3) is 0 Å². The topological polar surface area (TPSA) is 55.4 Å². The molecule has 0 fully saturated rings. The van der Waals surface area contributed by atoms with Crippen LogP contribution in [0.2, 0.25) is 0 Å². The minimum atomic E-state index is -0.0169. The Morgan fingerprint density at radius 1 is 0.957 bits per heavy atom. The molecule has 0 atom stereocenters. The van der Waals surface area contributed by atoms with Gasteiger partial charge in [0.1, 0.15) is 23.0 Å². The second-order valence-corrected chi connectivity index (χ2v) is 5.42. The fourth-order valence-corrected chi connectivity index (χ4v) is 2.36. The van der Waals surface area contributed by atoms with Crippen molar-refractivity contribution < 1.29 is 13.6 Å². The molecule has 0 unspecified atom stereocenters. The Morgan fingerprint density at radius 2 is 1.74 bits per heavy atom. The van der Waals surface area contributed by atoms with Crippen LogP contribution in [0, 0.1) is 6.92 Å². The number of furan rings is 2. The van der Waals surface area contributed by atoms with E-state index in [4.69, 9.17) is 8.83 Å². The van der Waals surface area contributed by atoms with Gasteiger partial charge in [0, 0.05) is 18.4 Å². The van der Waals surface area contributed by atoms with E-state index in [0.717, 1.165) is 28.6 Å². The third kappa shape index (κ3) is 4.13. The highest BCUT2D eigenvalue weighted by Crippen LogP contribution is 2.21. The van der Waals surface area contributed by atoms with Crippen LogP contribution in [-0.4, -0.2) is 5.91 Å². The van der Waals surface area contributed by atoms with E-state index < -0.39 is 0 Å². The largest absolute Gasteiger partial charge is 0.466 e. The maximum Gasteiger partial charge on any atom is 0.220 e. The van der Waals surface area contributed by atoms with E-state index in [9.17, 15) is 4.79 Å². The normalized spacial score (nSPS) is 10.7. The zero-order valence-electron chi connectivity index (χ0n) is 13.0. The maximum absolute atomic E-state index is 11.9. The van der Waals surface area contributed by atoms with Crippen LogP contribution < -0.4 is 5.32 Å². The van der Waals surface area contributed by atoms with Crippen LogP contribution in [0.4, 0.5) is 0 Å². The van der Waals surface area contributed by atoms with E-state index in [1.165, 1.54) is 0 Å². The molecule has 2 aromatic heterocycles. The first-order chi connectivity index (χ1) is 11.2. The number of carbonyl (C=O) groups excluding carboxylic acids is 1. The van der Waals surface area contributed by atoms with Crippen molar-refractivity contribution in [3.8, 4) is 11.3 Å². The molecule has 0 saturated heterocycles. The summed E-state index contributed by atoms with van der Waals surface area (Å²) in [5.41, 5.74) is 1.03. The summed E-state index contributed by atoms with van der Waals surface area (Å²) >= 11 is 0. The Balaban J connectivity index is 1.48. The molecule has 3 aromatic rings. The van der Waals surface area contributed by atoms with E-state index in [1.807, 2.05) is 61.5 Å². The number of benzene rings is 1. The summed E-state index contributed by atoms with van der Waals surface area (Å²) in [5, 5.41) is 2.87. The first-order valence-electron chi connectivity index (χ1n) is 7.67. The number of rotatable bonds is 6. The van der Waals surface area contributed by atoms with Crippen LogP contribution in [0.25, 0.3) is 11.3 Å². The van der Waals surface area contributed by atoms with Crippen LogP contribution in [-0.2, 0) is 17.8 Å². The average Bonchev–Trinajstić information content (AvgIpc) is 3.21. The fraction of sp³-hybridized carbons (Fsp3) is 0.211. The molecule has 3 rings (SSSR count). The molecule has 0 aliphatic rings. The first kappa shape index (κ1) is 15.2. The molecule has 4 heteroatoms. The van der Waals surface area contributed by atoms with Crippen molar-refractivity contribution in [2.75, 3.05) is 0 Å². The Labute approximate surface area is 135 Å². The summed E-state index contributed by atoms with van der Waals surface area (Å²) in [5.74, 6) is 3.23. The number of hydrogen-bond donors (Lipinski definition) is 1. The summed E-state index contributed by atoms with van der Waals surface area (Å²) in [6.07, 6.45) is 1.01. The number of carbonyl (C=O) groups is 1. The summed E-state index contributed by atoms with van der Waals surface area (Å²) in [4.78, 5) is 11.9. The molecule has 2 heterocycles. The number of amides is 1. The molecule has 23 heavy (non-hydrogen) atoms. The van der Waals surface area contributed by atoms with Crippen LogP contribution in [0.3, 0.4) is 0 Å². The summed E-state index contributed by atoms with van der Waals surface area (Å²) in [6.45, 7) is 2.29. The van der Waals surface area contributed by atoms with Gasteiger partial charge in [-0.25, -0.2) is 0 Å². The zero-order chi connectivity index (χ0) is 16.1. The molecule has 0 radical (unpaired) electrons. The van der Waals surface area contributed by atoms with E-state index in [0.29, 0.717) is 19.4 Å². The van der Waals surface area contributed by atoms with Crippen molar-refractivity contribution in [3.63, 3.8) is 0 Å². The molecule has 1 N–H and O–H groups in total. The number of aryl methyl sites for hydroxylation is 2. The van der Waals surface area contributed by atoms with E-state index in [-0.39, 0.29) is 5.91 Å². The molecule has 118 valence electrons. The minimum Gasteiger partial charge on any atom is -0.466 e. The van der Waals surface area contributed by atoms with Gasteiger partial charge in [-0.1, -0.05) is 30.3 Å². The van der Waals surface area contributed by atoms with Gasteiger partial charge in [-0.05, 0) is 31.2 Å². The van der Waals surface area contributed by atoms with Crippen molar-refractivity contribution in [3.05, 3.63) is 71.9 Å². The van der Waals surface area contributed by atoms with Crippen molar-refractivity contribution in [1.82, 2.24) is 5.32 Å². The molecule has 0 bridgehead atoms. The molecular formula is C19H19NO3. The summed E-state index contributed by atoms with van der Waals surface area (Å²) in [6, 6.07) is 17.5.